The van der Waals surface area contributed by atoms with Gasteiger partial charge < -0.3 is 0 Å². The Balaban J connectivity index is 3.30. The molecule has 0 aliphatic rings. The van der Waals surface area contributed by atoms with Crippen LogP contribution < -0.4 is 0 Å². The van der Waals surface area contributed by atoms with E-state index >= 15 is 0 Å². The summed E-state index contributed by atoms with van der Waals surface area (Å²) in [5.74, 6) is 0. The molecule has 0 saturated heterocycles. The van der Waals surface area contributed by atoms with Crippen LogP contribution in [0.15, 0.2) is 12.3 Å². The van der Waals surface area contributed by atoms with Crippen molar-refractivity contribution in [3.05, 3.63) is 12.3 Å². The van der Waals surface area contributed by atoms with Crippen LogP contribution in [0.1, 0.15) is 6.92 Å². The highest BCUT2D eigenvalue weighted by Gasteiger charge is 1.69. The molecule has 6 heavy (non-hydrogen) atoms. The minimum atomic E-state index is 1.75. The van der Waals surface area contributed by atoms with Gasteiger partial charge in [-0.05, 0) is 13.0 Å². The summed E-state index contributed by atoms with van der Waals surface area (Å²) in [4.78, 5) is 0. The Morgan fingerprint density at radius 2 is 2.17 bits per heavy atom. The third kappa shape index (κ3) is 3.41. The van der Waals surface area contributed by atoms with Crippen LogP contribution in [0.3, 0.4) is 0 Å². The van der Waals surface area contributed by atoms with Crippen molar-refractivity contribution in [2.45, 2.75) is 6.92 Å². The van der Waals surface area contributed by atoms with Gasteiger partial charge in [-0.15, -0.1) is 0 Å². The topological polar surface area (TPSA) is 3.01 Å². The highest BCUT2D eigenvalue weighted by Crippen LogP contribution is 1.64. The monoisotopic (exact) mass is 84.1 g/mol. The fraction of sp³-hybridized carbons (Fsp3) is 0.400. The predicted molar refractivity (Wildman–Crippen MR) is 28.1 cm³/mol. The van der Waals surface area contributed by atoms with Crippen LogP contribution in [0, 0.1) is 0 Å². The van der Waals surface area contributed by atoms with E-state index in [1.54, 1.807) is 4.58 Å². The molecule has 0 fully saturated rings. The molecular weight excluding hydrogens is 74.1 g/mol. The molecule has 0 atom stereocenters. The highest BCUT2D eigenvalue weighted by molar-refractivity contribution is 5.14. The summed E-state index contributed by atoms with van der Waals surface area (Å²) in [5, 5.41) is 0. The average molecular weight is 84.1 g/mol. The largest absolute Gasteiger partial charge is 0.215 e. The number of allylic oxidation sites excluding steroid dienone is 1. The quantitative estimate of drug-likeness (QED) is 0.327. The first-order valence-corrected chi connectivity index (χ1v) is 1.93. The van der Waals surface area contributed by atoms with E-state index in [-0.39, 0.29) is 0 Å². The molecule has 0 aromatic rings. The zero-order valence-electron chi connectivity index (χ0n) is 4.31. The second-order valence-electron chi connectivity index (χ2n) is 1.24. The lowest BCUT2D eigenvalue weighted by atomic mass is 10.7. The summed E-state index contributed by atoms with van der Waals surface area (Å²) in [7, 11) is 1.89. The lowest BCUT2D eigenvalue weighted by Gasteiger charge is -1.72. The molecule has 0 unspecified atom stereocenters. The van der Waals surface area contributed by atoms with E-state index in [9.17, 15) is 0 Å². The maximum absolute atomic E-state index is 3.57. The molecule has 1 heteroatoms. The van der Waals surface area contributed by atoms with Gasteiger partial charge >= 0.3 is 0 Å². The Kier molecular flexibility index (Phi) is 2.38. The molecule has 1 nitrogen and oxygen atoms in total. The van der Waals surface area contributed by atoms with E-state index < -0.39 is 0 Å². The molecule has 0 spiro atoms. The van der Waals surface area contributed by atoms with Crippen molar-refractivity contribution >= 4 is 6.72 Å². The van der Waals surface area contributed by atoms with Gasteiger partial charge in [-0.2, -0.15) is 0 Å². The van der Waals surface area contributed by atoms with Crippen LogP contribution in [0.2, 0.25) is 0 Å². The van der Waals surface area contributed by atoms with Crippen molar-refractivity contribution in [1.82, 2.24) is 0 Å². The minimum absolute atomic E-state index is 1.75. The normalized spacial score (nSPS) is 9.67. The standard InChI is InChI=1S/C5H10N/c1-4-5-6(2)3/h4-5H,2H2,1,3H3/q+1/b5-4+. The van der Waals surface area contributed by atoms with E-state index in [1.807, 2.05) is 26.2 Å². The van der Waals surface area contributed by atoms with Crippen LogP contribution in [0.5, 0.6) is 0 Å². The second-order valence-corrected chi connectivity index (χ2v) is 1.24. The molecule has 0 aromatic heterocycles. The van der Waals surface area contributed by atoms with Crippen molar-refractivity contribution in [3.8, 4) is 0 Å². The Bertz CT molecular complexity index is 72.0. The average Bonchev–Trinajstić information content (AvgIpc) is 1.35. The fourth-order valence-corrected chi connectivity index (χ4v) is 0.254. The van der Waals surface area contributed by atoms with E-state index in [0.717, 1.165) is 0 Å². The van der Waals surface area contributed by atoms with E-state index in [0.29, 0.717) is 0 Å². The molecule has 0 heterocycles. The molecule has 0 N–H and O–H groups in total. The Hall–Kier alpha value is -0.590. The molecule has 0 aliphatic heterocycles. The molecule has 0 radical (unpaired) electrons. The molecule has 0 saturated carbocycles. The second kappa shape index (κ2) is 2.64. The summed E-state index contributed by atoms with van der Waals surface area (Å²) in [6.45, 7) is 5.53. The first-order valence-electron chi connectivity index (χ1n) is 1.93. The lowest BCUT2D eigenvalue weighted by molar-refractivity contribution is -0.412. The predicted octanol–water partition coefficient (Wildman–Crippen LogP) is 0.863. The van der Waals surface area contributed by atoms with Gasteiger partial charge in [0.05, 0.1) is 0 Å². The van der Waals surface area contributed by atoms with Gasteiger partial charge in [0.15, 0.2) is 6.20 Å². The van der Waals surface area contributed by atoms with Gasteiger partial charge in [0.2, 0.25) is 0 Å². The summed E-state index contributed by atoms with van der Waals surface area (Å²) < 4.78 is 1.75. The number of nitrogens with zero attached hydrogens (tertiary/aromatic N) is 1. The van der Waals surface area contributed by atoms with Crippen molar-refractivity contribution in [3.63, 3.8) is 0 Å². The Labute approximate surface area is 38.6 Å². The Morgan fingerprint density at radius 3 is 2.17 bits per heavy atom. The van der Waals surface area contributed by atoms with Crippen LogP contribution >= 0.6 is 0 Å². The van der Waals surface area contributed by atoms with Crippen LogP contribution in [-0.4, -0.2) is 18.3 Å². The third-order valence-electron chi connectivity index (χ3n) is 0.404. The van der Waals surface area contributed by atoms with Gasteiger partial charge in [0, 0.05) is 0 Å². The molecule has 34 valence electrons. The molecule has 0 aliphatic carbocycles. The third-order valence-corrected chi connectivity index (χ3v) is 0.404. The van der Waals surface area contributed by atoms with Crippen molar-refractivity contribution in [2.75, 3.05) is 7.05 Å². The number of hydrogen-bond donors (Lipinski definition) is 0. The van der Waals surface area contributed by atoms with Crippen molar-refractivity contribution < 1.29 is 4.58 Å². The first-order chi connectivity index (χ1) is 2.77. The highest BCUT2D eigenvalue weighted by atomic mass is 14.9. The van der Waals surface area contributed by atoms with Gasteiger partial charge in [-0.25, -0.2) is 4.58 Å². The molecule has 0 amide bonds. The zero-order chi connectivity index (χ0) is 4.99. The number of hydrogen-bond acceptors (Lipinski definition) is 0. The summed E-state index contributed by atoms with van der Waals surface area (Å²) >= 11 is 0. The first kappa shape index (κ1) is 5.41. The van der Waals surface area contributed by atoms with Crippen LogP contribution in [0.25, 0.3) is 0 Å². The van der Waals surface area contributed by atoms with E-state index in [4.69, 9.17) is 0 Å². The van der Waals surface area contributed by atoms with Gasteiger partial charge in [-0.1, -0.05) is 0 Å². The van der Waals surface area contributed by atoms with E-state index in [1.165, 1.54) is 0 Å². The Morgan fingerprint density at radius 1 is 1.67 bits per heavy atom. The maximum Gasteiger partial charge on any atom is 0.163 e. The lowest BCUT2D eigenvalue weighted by Crippen LogP contribution is -1.86. The number of rotatable bonds is 1. The zero-order valence-corrected chi connectivity index (χ0v) is 4.31. The molecule has 0 aromatic carbocycles. The van der Waals surface area contributed by atoms with E-state index in [2.05, 4.69) is 6.72 Å². The fourth-order valence-electron chi connectivity index (χ4n) is 0.254. The minimum Gasteiger partial charge on any atom is -0.215 e. The smallest absolute Gasteiger partial charge is 0.163 e. The summed E-state index contributed by atoms with van der Waals surface area (Å²) in [6, 6.07) is 0. The van der Waals surface area contributed by atoms with Crippen LogP contribution in [-0.2, 0) is 0 Å². The molecular formula is C5H10N+. The molecule has 0 rings (SSSR count). The van der Waals surface area contributed by atoms with Crippen molar-refractivity contribution in [2.24, 2.45) is 0 Å². The van der Waals surface area contributed by atoms with Gasteiger partial charge in [-0.3, -0.25) is 0 Å². The SMILES string of the molecule is C=[N+](C)/C=C/C. The summed E-state index contributed by atoms with van der Waals surface area (Å²) in [6.07, 6.45) is 3.83. The van der Waals surface area contributed by atoms with Gasteiger partial charge in [0.1, 0.15) is 13.8 Å². The molecule has 0 bridgehead atoms. The van der Waals surface area contributed by atoms with Crippen LogP contribution in [0.4, 0.5) is 0 Å². The maximum atomic E-state index is 3.57. The van der Waals surface area contributed by atoms with Crippen molar-refractivity contribution in [1.29, 1.82) is 0 Å². The van der Waals surface area contributed by atoms with Gasteiger partial charge in [0.25, 0.3) is 0 Å². The summed E-state index contributed by atoms with van der Waals surface area (Å²) in [5.41, 5.74) is 0.